The number of para-hydroxylation sites is 1. The van der Waals surface area contributed by atoms with Crippen molar-refractivity contribution in [3.63, 3.8) is 0 Å². The molecule has 1 aliphatic rings. The van der Waals surface area contributed by atoms with E-state index < -0.39 is 14.8 Å². The summed E-state index contributed by atoms with van der Waals surface area (Å²) in [6.45, 7) is 7.46. The molecule has 0 amide bonds. The highest BCUT2D eigenvalue weighted by Crippen LogP contribution is 2.34. The van der Waals surface area contributed by atoms with Crippen molar-refractivity contribution in [2.75, 3.05) is 13.1 Å². The average Bonchev–Trinajstić information content (AvgIpc) is 3.02. The Morgan fingerprint density at radius 3 is 2.58 bits per heavy atom. The zero-order valence-electron chi connectivity index (χ0n) is 15.3. The van der Waals surface area contributed by atoms with Crippen LogP contribution < -0.4 is 0 Å². The molecule has 0 spiro atoms. The van der Waals surface area contributed by atoms with E-state index in [1.54, 1.807) is 31.2 Å². The molecule has 1 unspecified atom stereocenters. The van der Waals surface area contributed by atoms with Crippen molar-refractivity contribution in [3.05, 3.63) is 60.0 Å². The summed E-state index contributed by atoms with van der Waals surface area (Å²) in [6.07, 6.45) is 8.26. The number of carbonyl (C=O) groups is 1. The van der Waals surface area contributed by atoms with Gasteiger partial charge in [0, 0.05) is 35.9 Å². The Labute approximate surface area is 154 Å². The van der Waals surface area contributed by atoms with Gasteiger partial charge in [0.1, 0.15) is 4.75 Å². The molecule has 0 saturated heterocycles. The van der Waals surface area contributed by atoms with E-state index in [1.807, 2.05) is 18.2 Å². The van der Waals surface area contributed by atoms with Gasteiger partial charge in [-0.15, -0.1) is 0 Å². The Morgan fingerprint density at radius 1 is 1.23 bits per heavy atom. The Balaban J connectivity index is 2.17. The molecule has 3 rings (SSSR count). The summed E-state index contributed by atoms with van der Waals surface area (Å²) < 4.78 is 27.3. The van der Waals surface area contributed by atoms with Gasteiger partial charge in [0.25, 0.3) is 0 Å². The minimum Gasteiger partial charge on any atom is -0.372 e. The summed E-state index contributed by atoms with van der Waals surface area (Å²) in [5.41, 5.74) is 1.83. The van der Waals surface area contributed by atoms with Crippen molar-refractivity contribution in [1.82, 2.24) is 8.87 Å². The van der Waals surface area contributed by atoms with Gasteiger partial charge in [0.2, 0.25) is 10.0 Å². The van der Waals surface area contributed by atoms with E-state index in [-0.39, 0.29) is 0 Å². The van der Waals surface area contributed by atoms with Crippen molar-refractivity contribution in [2.24, 2.45) is 0 Å². The second-order valence-electron chi connectivity index (χ2n) is 6.68. The standard InChI is InChI=1S/C20H24N2O3S/c1-4-21(5-2)17-9-8-12-20(3,13-17)26(24,25)22-14-16(15-23)18-10-6-7-11-19(18)22/h6-11,13-15H,4-5,12H2,1-3H3. The number of aldehydes is 1. The number of benzene rings is 1. The second-order valence-corrected chi connectivity index (χ2v) is 8.96. The van der Waals surface area contributed by atoms with Crippen LogP contribution in [0.4, 0.5) is 0 Å². The molecule has 138 valence electrons. The number of rotatable bonds is 6. The fourth-order valence-corrected chi connectivity index (χ4v) is 5.19. The summed E-state index contributed by atoms with van der Waals surface area (Å²) >= 11 is 0. The predicted octanol–water partition coefficient (Wildman–Crippen LogP) is 3.58. The molecule has 26 heavy (non-hydrogen) atoms. The average molecular weight is 372 g/mol. The molecule has 0 aliphatic heterocycles. The van der Waals surface area contributed by atoms with Gasteiger partial charge in [0.15, 0.2) is 6.29 Å². The lowest BCUT2D eigenvalue weighted by molar-refractivity contribution is 0.112. The monoisotopic (exact) mass is 372 g/mol. The van der Waals surface area contributed by atoms with E-state index in [9.17, 15) is 13.2 Å². The number of aromatic nitrogens is 1. The highest BCUT2D eigenvalue weighted by molar-refractivity contribution is 7.91. The van der Waals surface area contributed by atoms with Gasteiger partial charge in [-0.05, 0) is 45.4 Å². The number of allylic oxidation sites excluding steroid dienone is 2. The fraction of sp³-hybridized carbons (Fsp3) is 0.350. The summed E-state index contributed by atoms with van der Waals surface area (Å²) in [4.78, 5) is 13.5. The van der Waals surface area contributed by atoms with Gasteiger partial charge in [0.05, 0.1) is 5.52 Å². The summed E-state index contributed by atoms with van der Waals surface area (Å²) in [6, 6.07) is 7.08. The lowest BCUT2D eigenvalue weighted by Crippen LogP contribution is -2.40. The van der Waals surface area contributed by atoms with Crippen LogP contribution in [0.3, 0.4) is 0 Å². The van der Waals surface area contributed by atoms with Crippen LogP contribution in [-0.2, 0) is 10.0 Å². The first-order valence-electron chi connectivity index (χ1n) is 8.82. The molecule has 1 aromatic carbocycles. The minimum absolute atomic E-state index is 0.382. The zero-order valence-corrected chi connectivity index (χ0v) is 16.2. The van der Waals surface area contributed by atoms with E-state index >= 15 is 0 Å². The quantitative estimate of drug-likeness (QED) is 0.727. The summed E-state index contributed by atoms with van der Waals surface area (Å²) in [5.74, 6) is 0. The van der Waals surface area contributed by atoms with Crippen molar-refractivity contribution >= 4 is 27.2 Å². The third kappa shape index (κ3) is 2.78. The van der Waals surface area contributed by atoms with Crippen LogP contribution in [0.2, 0.25) is 0 Å². The summed E-state index contributed by atoms with van der Waals surface area (Å²) in [5, 5.41) is 0.647. The molecule has 6 heteroatoms. The van der Waals surface area contributed by atoms with Crippen LogP contribution in [0.1, 0.15) is 37.6 Å². The number of hydrogen-bond acceptors (Lipinski definition) is 4. The molecule has 1 aromatic heterocycles. The molecule has 0 fully saturated rings. The van der Waals surface area contributed by atoms with Gasteiger partial charge in [-0.2, -0.15) is 0 Å². The number of fused-ring (bicyclic) bond motifs is 1. The Kier molecular flexibility index (Phi) is 4.80. The number of hydrogen-bond donors (Lipinski definition) is 0. The minimum atomic E-state index is -3.76. The van der Waals surface area contributed by atoms with Gasteiger partial charge >= 0.3 is 0 Å². The number of carbonyl (C=O) groups excluding carboxylic acids is 1. The molecule has 1 heterocycles. The molecule has 0 radical (unpaired) electrons. The maximum atomic E-state index is 13.5. The molecule has 1 atom stereocenters. The third-order valence-corrected chi connectivity index (χ3v) is 7.36. The van der Waals surface area contributed by atoms with Crippen LogP contribution in [0.25, 0.3) is 10.9 Å². The van der Waals surface area contributed by atoms with Crippen molar-refractivity contribution in [3.8, 4) is 0 Å². The first kappa shape index (κ1) is 18.5. The molecule has 0 bridgehead atoms. The number of likely N-dealkylation sites (N-methyl/N-ethyl adjacent to an activating group) is 1. The van der Waals surface area contributed by atoms with Crippen LogP contribution in [0.5, 0.6) is 0 Å². The fourth-order valence-electron chi connectivity index (χ4n) is 3.49. The SMILES string of the molecule is CCN(CC)C1=CC(C)(S(=O)(=O)n2cc(C=O)c3ccccc32)CC=C1. The van der Waals surface area contributed by atoms with Crippen LogP contribution in [-0.4, -0.2) is 41.4 Å². The maximum Gasteiger partial charge on any atom is 0.248 e. The van der Waals surface area contributed by atoms with E-state index in [2.05, 4.69) is 18.7 Å². The van der Waals surface area contributed by atoms with Crippen LogP contribution in [0.15, 0.2) is 54.4 Å². The first-order chi connectivity index (χ1) is 12.4. The molecule has 0 N–H and O–H groups in total. The Bertz CT molecular complexity index is 997. The van der Waals surface area contributed by atoms with Gasteiger partial charge in [-0.25, -0.2) is 12.4 Å². The van der Waals surface area contributed by atoms with Crippen LogP contribution >= 0.6 is 0 Å². The lowest BCUT2D eigenvalue weighted by Gasteiger charge is -2.32. The third-order valence-electron chi connectivity index (χ3n) is 5.08. The van der Waals surface area contributed by atoms with Crippen molar-refractivity contribution in [2.45, 2.75) is 31.9 Å². The normalized spacial score (nSPS) is 20.2. The van der Waals surface area contributed by atoms with Gasteiger partial charge in [-0.3, -0.25) is 4.79 Å². The lowest BCUT2D eigenvalue weighted by atomic mass is 9.99. The smallest absolute Gasteiger partial charge is 0.248 e. The largest absolute Gasteiger partial charge is 0.372 e. The predicted molar refractivity (Wildman–Crippen MR) is 105 cm³/mol. The van der Waals surface area contributed by atoms with E-state index in [1.165, 1.54) is 10.2 Å². The Hall–Kier alpha value is -2.34. The Morgan fingerprint density at radius 2 is 1.92 bits per heavy atom. The van der Waals surface area contributed by atoms with Gasteiger partial charge in [-0.1, -0.05) is 24.3 Å². The van der Waals surface area contributed by atoms with E-state index in [4.69, 9.17) is 0 Å². The van der Waals surface area contributed by atoms with Crippen LogP contribution in [0, 0.1) is 0 Å². The second kappa shape index (κ2) is 6.76. The zero-order chi connectivity index (χ0) is 18.9. The highest BCUT2D eigenvalue weighted by atomic mass is 32.2. The van der Waals surface area contributed by atoms with Gasteiger partial charge < -0.3 is 4.90 Å². The number of nitrogens with zero attached hydrogens (tertiary/aromatic N) is 2. The van der Waals surface area contributed by atoms with E-state index in [0.717, 1.165) is 18.8 Å². The maximum absolute atomic E-state index is 13.5. The first-order valence-corrected chi connectivity index (χ1v) is 10.3. The topological polar surface area (TPSA) is 59.4 Å². The molecular weight excluding hydrogens is 348 g/mol. The molecule has 2 aromatic rings. The highest BCUT2D eigenvalue weighted by Gasteiger charge is 2.40. The van der Waals surface area contributed by atoms with E-state index in [0.29, 0.717) is 29.2 Å². The molecule has 1 aliphatic carbocycles. The van der Waals surface area contributed by atoms with Crippen molar-refractivity contribution < 1.29 is 13.2 Å². The molecule has 5 nitrogen and oxygen atoms in total. The van der Waals surface area contributed by atoms with Crippen molar-refractivity contribution in [1.29, 1.82) is 0 Å². The molecular formula is C20H24N2O3S. The molecule has 0 saturated carbocycles. The summed E-state index contributed by atoms with van der Waals surface area (Å²) in [7, 11) is -3.76.